The van der Waals surface area contributed by atoms with Gasteiger partial charge in [-0.3, -0.25) is 0 Å². The highest BCUT2D eigenvalue weighted by atomic mass is 14.2. The van der Waals surface area contributed by atoms with Crippen molar-refractivity contribution in [2.45, 2.75) is 32.6 Å². The maximum atomic E-state index is 3.18. The quantitative estimate of drug-likeness (QED) is 0.564. The number of rotatable bonds is 0. The van der Waals surface area contributed by atoms with Gasteiger partial charge in [-0.2, -0.15) is 0 Å². The largest absolute Gasteiger partial charge is 0.0697 e. The van der Waals surface area contributed by atoms with E-state index in [1.807, 2.05) is 18.2 Å². The zero-order chi connectivity index (χ0) is 11.2. The Hall–Kier alpha value is -1.48. The Balaban J connectivity index is 2.01. The van der Waals surface area contributed by atoms with E-state index in [1.54, 1.807) is 0 Å². The van der Waals surface area contributed by atoms with Gasteiger partial charge in [-0.05, 0) is 43.4 Å². The van der Waals surface area contributed by atoms with Gasteiger partial charge in [0.25, 0.3) is 0 Å². The van der Waals surface area contributed by atoms with Crippen LogP contribution in [0.15, 0.2) is 42.0 Å². The van der Waals surface area contributed by atoms with E-state index >= 15 is 0 Å². The molecule has 1 aliphatic carbocycles. The van der Waals surface area contributed by atoms with Crippen LogP contribution in [0.3, 0.4) is 0 Å². The van der Waals surface area contributed by atoms with Gasteiger partial charge < -0.3 is 0 Å². The molecule has 1 atom stereocenters. The number of benzene rings is 1. The van der Waals surface area contributed by atoms with Crippen molar-refractivity contribution in [2.24, 2.45) is 5.92 Å². The minimum absolute atomic E-state index is 0.846. The molecule has 0 spiro atoms. The van der Waals surface area contributed by atoms with E-state index in [-0.39, 0.29) is 0 Å². The van der Waals surface area contributed by atoms with Crippen LogP contribution >= 0.6 is 0 Å². The fourth-order valence-corrected chi connectivity index (χ4v) is 2.20. The minimum atomic E-state index is 0.846. The average Bonchev–Trinajstić information content (AvgIpc) is 2.30. The molecule has 1 aromatic rings. The molecule has 0 heterocycles. The van der Waals surface area contributed by atoms with Crippen molar-refractivity contribution >= 4 is 0 Å². The molecule has 16 heavy (non-hydrogen) atoms. The molecule has 82 valence electrons. The third-order valence-corrected chi connectivity index (χ3v) is 3.07. The SMILES string of the molecule is CC1CCC/C(=C\C#Cc2ccccc2)C1. The van der Waals surface area contributed by atoms with E-state index in [9.17, 15) is 0 Å². The first-order chi connectivity index (χ1) is 7.84. The molecule has 0 aliphatic heterocycles. The highest BCUT2D eigenvalue weighted by Crippen LogP contribution is 2.27. The summed E-state index contributed by atoms with van der Waals surface area (Å²) in [7, 11) is 0. The summed E-state index contributed by atoms with van der Waals surface area (Å²) >= 11 is 0. The number of hydrogen-bond donors (Lipinski definition) is 0. The third-order valence-electron chi connectivity index (χ3n) is 3.07. The lowest BCUT2D eigenvalue weighted by Gasteiger charge is -2.19. The normalized spacial score (nSPS) is 22.6. The van der Waals surface area contributed by atoms with Crippen LogP contribution in [-0.4, -0.2) is 0 Å². The zero-order valence-electron chi connectivity index (χ0n) is 9.87. The van der Waals surface area contributed by atoms with Crippen LogP contribution in [-0.2, 0) is 0 Å². The van der Waals surface area contributed by atoms with Crippen molar-refractivity contribution in [1.82, 2.24) is 0 Å². The lowest BCUT2D eigenvalue weighted by Crippen LogP contribution is -2.03. The maximum Gasteiger partial charge on any atom is 0.0248 e. The number of hydrogen-bond acceptors (Lipinski definition) is 0. The maximum absolute atomic E-state index is 3.18. The molecule has 0 nitrogen and oxygen atoms in total. The Morgan fingerprint density at radius 2 is 2.06 bits per heavy atom. The van der Waals surface area contributed by atoms with E-state index in [0.717, 1.165) is 11.5 Å². The smallest absolute Gasteiger partial charge is 0.0248 e. The molecule has 0 N–H and O–H groups in total. The highest BCUT2D eigenvalue weighted by molar-refractivity contribution is 5.37. The lowest BCUT2D eigenvalue weighted by atomic mass is 9.87. The Labute approximate surface area is 98.4 Å². The fourth-order valence-electron chi connectivity index (χ4n) is 2.20. The molecular formula is C16H18. The highest BCUT2D eigenvalue weighted by Gasteiger charge is 2.11. The molecule has 0 radical (unpaired) electrons. The summed E-state index contributed by atoms with van der Waals surface area (Å²) in [6, 6.07) is 10.2. The van der Waals surface area contributed by atoms with Crippen LogP contribution in [0.5, 0.6) is 0 Å². The monoisotopic (exact) mass is 210 g/mol. The van der Waals surface area contributed by atoms with Gasteiger partial charge in [0.05, 0.1) is 0 Å². The standard InChI is InChI=1S/C16H18/c1-14-7-5-11-16(13-14)12-6-10-15-8-3-2-4-9-15/h2-4,8-9,12,14H,5,7,11,13H2,1H3/b16-12+. The molecule has 1 fully saturated rings. The van der Waals surface area contributed by atoms with Crippen molar-refractivity contribution in [1.29, 1.82) is 0 Å². The molecule has 0 bridgehead atoms. The first kappa shape index (κ1) is 11.0. The molecular weight excluding hydrogens is 192 g/mol. The molecule has 0 heteroatoms. The second kappa shape index (κ2) is 5.56. The molecule has 1 aliphatic rings. The van der Waals surface area contributed by atoms with Crippen LogP contribution < -0.4 is 0 Å². The van der Waals surface area contributed by atoms with Gasteiger partial charge in [-0.15, -0.1) is 0 Å². The predicted octanol–water partition coefficient (Wildman–Crippen LogP) is 4.17. The van der Waals surface area contributed by atoms with Crippen molar-refractivity contribution in [3.63, 3.8) is 0 Å². The third kappa shape index (κ3) is 3.28. The van der Waals surface area contributed by atoms with E-state index in [0.29, 0.717) is 0 Å². The van der Waals surface area contributed by atoms with Crippen molar-refractivity contribution in [3.05, 3.63) is 47.5 Å². The second-order valence-corrected chi connectivity index (χ2v) is 4.64. The summed E-state index contributed by atoms with van der Waals surface area (Å²) in [5.41, 5.74) is 2.63. The predicted molar refractivity (Wildman–Crippen MR) is 69.0 cm³/mol. The zero-order valence-corrected chi connectivity index (χ0v) is 9.87. The fraction of sp³-hybridized carbons (Fsp3) is 0.375. The van der Waals surface area contributed by atoms with Crippen LogP contribution in [0.25, 0.3) is 0 Å². The molecule has 2 rings (SSSR count). The summed E-state index contributed by atoms with van der Waals surface area (Å²) in [5, 5.41) is 0. The van der Waals surface area contributed by atoms with Crippen molar-refractivity contribution < 1.29 is 0 Å². The second-order valence-electron chi connectivity index (χ2n) is 4.64. The van der Waals surface area contributed by atoms with E-state index in [4.69, 9.17) is 0 Å². The van der Waals surface area contributed by atoms with Gasteiger partial charge in [0.2, 0.25) is 0 Å². The first-order valence-corrected chi connectivity index (χ1v) is 6.09. The van der Waals surface area contributed by atoms with Crippen LogP contribution in [0.1, 0.15) is 38.2 Å². The van der Waals surface area contributed by atoms with Gasteiger partial charge in [-0.1, -0.05) is 49.0 Å². The first-order valence-electron chi connectivity index (χ1n) is 6.09. The van der Waals surface area contributed by atoms with E-state index in [2.05, 4.69) is 37.0 Å². The van der Waals surface area contributed by atoms with Gasteiger partial charge in [0.15, 0.2) is 0 Å². The van der Waals surface area contributed by atoms with E-state index in [1.165, 1.54) is 31.3 Å². The van der Waals surface area contributed by atoms with E-state index < -0.39 is 0 Å². The Kier molecular flexibility index (Phi) is 3.83. The Morgan fingerprint density at radius 1 is 1.25 bits per heavy atom. The summed E-state index contributed by atoms with van der Waals surface area (Å²) in [5.74, 6) is 7.21. The lowest BCUT2D eigenvalue weighted by molar-refractivity contribution is 0.453. The van der Waals surface area contributed by atoms with Crippen LogP contribution in [0.2, 0.25) is 0 Å². The Bertz CT molecular complexity index is 414. The molecule has 1 saturated carbocycles. The molecule has 1 unspecified atom stereocenters. The van der Waals surface area contributed by atoms with Gasteiger partial charge in [-0.25, -0.2) is 0 Å². The number of allylic oxidation sites excluding steroid dienone is 2. The van der Waals surface area contributed by atoms with Crippen molar-refractivity contribution in [3.8, 4) is 11.8 Å². The summed E-state index contributed by atoms with van der Waals surface area (Å²) < 4.78 is 0. The van der Waals surface area contributed by atoms with Crippen LogP contribution in [0, 0.1) is 17.8 Å². The summed E-state index contributed by atoms with van der Waals surface area (Å²) in [6.45, 7) is 2.33. The molecule has 0 amide bonds. The van der Waals surface area contributed by atoms with Crippen molar-refractivity contribution in [2.75, 3.05) is 0 Å². The van der Waals surface area contributed by atoms with Gasteiger partial charge >= 0.3 is 0 Å². The van der Waals surface area contributed by atoms with Gasteiger partial charge in [0.1, 0.15) is 0 Å². The minimum Gasteiger partial charge on any atom is -0.0697 e. The molecule has 0 saturated heterocycles. The molecule has 0 aromatic heterocycles. The topological polar surface area (TPSA) is 0 Å². The Morgan fingerprint density at radius 3 is 2.81 bits per heavy atom. The summed E-state index contributed by atoms with van der Waals surface area (Å²) in [4.78, 5) is 0. The van der Waals surface area contributed by atoms with Crippen LogP contribution in [0.4, 0.5) is 0 Å². The molecule has 1 aromatic carbocycles. The average molecular weight is 210 g/mol. The van der Waals surface area contributed by atoms with Gasteiger partial charge in [0, 0.05) is 5.56 Å². The summed E-state index contributed by atoms with van der Waals surface area (Å²) in [6.07, 6.45) is 7.32.